The molecule has 0 atom stereocenters. The van der Waals surface area contributed by atoms with Gasteiger partial charge in [0.15, 0.2) is 0 Å². The summed E-state index contributed by atoms with van der Waals surface area (Å²) >= 11 is 0. The number of hydrogen-bond acceptors (Lipinski definition) is 5. The quantitative estimate of drug-likeness (QED) is 0.862. The lowest BCUT2D eigenvalue weighted by Crippen LogP contribution is -2.11. The van der Waals surface area contributed by atoms with E-state index in [9.17, 15) is 0 Å². The zero-order chi connectivity index (χ0) is 11.6. The number of nitrogens with one attached hydrogen (secondary N) is 1. The number of nitrogens with zero attached hydrogens (tertiary/aromatic N) is 2. The van der Waals surface area contributed by atoms with E-state index < -0.39 is 0 Å². The van der Waals surface area contributed by atoms with Gasteiger partial charge in [0.05, 0.1) is 12.5 Å². The summed E-state index contributed by atoms with van der Waals surface area (Å²) in [5.41, 5.74) is 0.915. The summed E-state index contributed by atoms with van der Waals surface area (Å²) in [7, 11) is 0. The lowest BCUT2D eigenvalue weighted by Gasteiger charge is -2.10. The first kappa shape index (κ1) is 10.7. The van der Waals surface area contributed by atoms with Gasteiger partial charge in [-0.2, -0.15) is 0 Å². The third-order valence-corrected chi connectivity index (χ3v) is 2.09. The van der Waals surface area contributed by atoms with Crippen LogP contribution < -0.4 is 5.32 Å². The lowest BCUT2D eigenvalue weighted by atomic mass is 9.97. The molecule has 0 radical (unpaired) electrons. The fourth-order valence-electron chi connectivity index (χ4n) is 1.17. The molecule has 0 saturated heterocycles. The van der Waals surface area contributed by atoms with Crippen molar-refractivity contribution in [1.29, 1.82) is 0 Å². The third-order valence-electron chi connectivity index (χ3n) is 2.09. The van der Waals surface area contributed by atoms with Crippen LogP contribution in [-0.4, -0.2) is 10.2 Å². The molecule has 1 N–H and O–H groups in total. The van der Waals surface area contributed by atoms with Gasteiger partial charge in [-0.25, -0.2) is 0 Å². The molecule has 0 aliphatic carbocycles. The fourth-order valence-corrected chi connectivity index (χ4v) is 1.17. The maximum absolute atomic E-state index is 5.48. The molecule has 2 heterocycles. The first-order valence-electron chi connectivity index (χ1n) is 5.14. The van der Waals surface area contributed by atoms with E-state index in [1.54, 1.807) is 12.5 Å². The number of furan rings is 1. The minimum Gasteiger partial charge on any atom is -0.472 e. The molecule has 0 bridgehead atoms. The Morgan fingerprint density at radius 1 is 1.31 bits per heavy atom. The van der Waals surface area contributed by atoms with Crippen LogP contribution in [0.2, 0.25) is 0 Å². The molecule has 2 aromatic rings. The van der Waals surface area contributed by atoms with Gasteiger partial charge in [0, 0.05) is 17.5 Å². The number of hydrogen-bond donors (Lipinski definition) is 1. The Bertz CT molecular complexity index is 440. The van der Waals surface area contributed by atoms with Crippen molar-refractivity contribution in [3.05, 3.63) is 30.0 Å². The molecule has 0 amide bonds. The summed E-state index contributed by atoms with van der Waals surface area (Å²) < 4.78 is 10.4. The highest BCUT2D eigenvalue weighted by molar-refractivity contribution is 5.21. The summed E-state index contributed by atoms with van der Waals surface area (Å²) in [5.74, 6) is 0.627. The second-order valence-electron chi connectivity index (χ2n) is 4.65. The van der Waals surface area contributed by atoms with Gasteiger partial charge in [0.25, 0.3) is 0 Å². The van der Waals surface area contributed by atoms with Crippen LogP contribution in [0, 0.1) is 0 Å². The molecule has 0 spiro atoms. The Morgan fingerprint density at radius 3 is 2.69 bits per heavy atom. The second-order valence-corrected chi connectivity index (χ2v) is 4.65. The van der Waals surface area contributed by atoms with Crippen molar-refractivity contribution in [2.24, 2.45) is 0 Å². The molecule has 5 heteroatoms. The highest BCUT2D eigenvalue weighted by Gasteiger charge is 2.21. The summed E-state index contributed by atoms with van der Waals surface area (Å²) in [6, 6.07) is 2.32. The Balaban J connectivity index is 1.98. The van der Waals surface area contributed by atoms with Gasteiger partial charge in [-0.05, 0) is 6.07 Å². The molecule has 5 nitrogen and oxygen atoms in total. The Morgan fingerprint density at radius 2 is 2.12 bits per heavy atom. The van der Waals surface area contributed by atoms with E-state index in [1.807, 2.05) is 26.8 Å². The van der Waals surface area contributed by atoms with Crippen LogP contribution in [0.4, 0.5) is 6.01 Å². The minimum atomic E-state index is -0.122. The normalized spacial score (nSPS) is 11.7. The lowest BCUT2D eigenvalue weighted by molar-refractivity contribution is 0.399. The maximum Gasteiger partial charge on any atom is 0.315 e. The standard InChI is InChI=1S/C11H15N3O2/c1-11(2,3)9-13-14-10(16-9)12-6-8-4-5-15-7-8/h4-5,7H,6H2,1-3H3,(H,12,14). The van der Waals surface area contributed by atoms with Crippen LogP contribution in [0.15, 0.2) is 27.4 Å². The van der Waals surface area contributed by atoms with Crippen LogP contribution >= 0.6 is 0 Å². The van der Waals surface area contributed by atoms with Crippen LogP contribution in [0.3, 0.4) is 0 Å². The van der Waals surface area contributed by atoms with E-state index >= 15 is 0 Å². The first-order chi connectivity index (χ1) is 7.55. The number of rotatable bonds is 3. The van der Waals surface area contributed by atoms with Crippen LogP contribution in [0.1, 0.15) is 32.2 Å². The molecular formula is C11H15N3O2. The second kappa shape index (κ2) is 4.00. The van der Waals surface area contributed by atoms with Gasteiger partial charge < -0.3 is 14.2 Å². The van der Waals surface area contributed by atoms with Gasteiger partial charge in [-0.1, -0.05) is 25.9 Å². The predicted octanol–water partition coefficient (Wildman–Crippen LogP) is 2.57. The van der Waals surface area contributed by atoms with E-state index in [-0.39, 0.29) is 5.41 Å². The molecule has 0 aliphatic rings. The number of anilines is 1. The summed E-state index contributed by atoms with van der Waals surface area (Å²) in [4.78, 5) is 0. The molecule has 2 rings (SSSR count). The van der Waals surface area contributed by atoms with Gasteiger partial charge in [0.1, 0.15) is 0 Å². The van der Waals surface area contributed by atoms with E-state index in [2.05, 4.69) is 15.5 Å². The molecule has 0 aromatic carbocycles. The molecule has 86 valence electrons. The third kappa shape index (κ3) is 2.42. The van der Waals surface area contributed by atoms with E-state index in [0.717, 1.165) is 5.56 Å². The Labute approximate surface area is 93.9 Å². The molecule has 2 aromatic heterocycles. The van der Waals surface area contributed by atoms with E-state index in [1.165, 1.54) is 0 Å². The fraction of sp³-hybridized carbons (Fsp3) is 0.455. The zero-order valence-corrected chi connectivity index (χ0v) is 9.65. The van der Waals surface area contributed by atoms with E-state index in [0.29, 0.717) is 18.5 Å². The van der Waals surface area contributed by atoms with Crippen molar-refractivity contribution in [3.8, 4) is 0 Å². The van der Waals surface area contributed by atoms with Crippen molar-refractivity contribution < 1.29 is 8.83 Å². The van der Waals surface area contributed by atoms with Crippen molar-refractivity contribution in [1.82, 2.24) is 10.2 Å². The van der Waals surface area contributed by atoms with Gasteiger partial charge in [-0.15, -0.1) is 5.10 Å². The summed E-state index contributed by atoms with van der Waals surface area (Å²) in [6.45, 7) is 6.70. The van der Waals surface area contributed by atoms with Crippen LogP contribution in [0.5, 0.6) is 0 Å². The molecule has 0 unspecified atom stereocenters. The van der Waals surface area contributed by atoms with Crippen molar-refractivity contribution >= 4 is 6.01 Å². The monoisotopic (exact) mass is 221 g/mol. The molecule has 0 saturated carbocycles. The van der Waals surface area contributed by atoms with Gasteiger partial charge >= 0.3 is 6.01 Å². The van der Waals surface area contributed by atoms with Crippen molar-refractivity contribution in [2.75, 3.05) is 5.32 Å². The maximum atomic E-state index is 5.48. The summed E-state index contributed by atoms with van der Waals surface area (Å²) in [6.07, 6.45) is 3.31. The average Bonchev–Trinajstić information content (AvgIpc) is 2.85. The Hall–Kier alpha value is -1.78. The van der Waals surface area contributed by atoms with E-state index in [4.69, 9.17) is 8.83 Å². The largest absolute Gasteiger partial charge is 0.472 e. The van der Waals surface area contributed by atoms with Crippen molar-refractivity contribution in [2.45, 2.75) is 32.7 Å². The smallest absolute Gasteiger partial charge is 0.315 e. The highest BCUT2D eigenvalue weighted by Crippen LogP contribution is 2.22. The highest BCUT2D eigenvalue weighted by atomic mass is 16.4. The zero-order valence-electron chi connectivity index (χ0n) is 9.65. The van der Waals surface area contributed by atoms with Crippen LogP contribution in [-0.2, 0) is 12.0 Å². The van der Waals surface area contributed by atoms with Gasteiger partial charge in [-0.3, -0.25) is 0 Å². The summed E-state index contributed by atoms with van der Waals surface area (Å²) in [5, 5.41) is 10.9. The molecular weight excluding hydrogens is 206 g/mol. The molecule has 0 fully saturated rings. The number of aromatic nitrogens is 2. The predicted molar refractivity (Wildman–Crippen MR) is 59.0 cm³/mol. The average molecular weight is 221 g/mol. The minimum absolute atomic E-state index is 0.122. The van der Waals surface area contributed by atoms with Gasteiger partial charge in [0.2, 0.25) is 5.89 Å². The Kier molecular flexibility index (Phi) is 2.68. The van der Waals surface area contributed by atoms with Crippen LogP contribution in [0.25, 0.3) is 0 Å². The SMILES string of the molecule is CC(C)(C)c1nnc(NCc2ccoc2)o1. The molecule has 0 aliphatic heterocycles. The van der Waals surface area contributed by atoms with Crippen molar-refractivity contribution in [3.63, 3.8) is 0 Å². The molecule has 16 heavy (non-hydrogen) atoms. The first-order valence-corrected chi connectivity index (χ1v) is 5.14. The topological polar surface area (TPSA) is 64.1 Å².